The van der Waals surface area contributed by atoms with Crippen LogP contribution >= 0.6 is 27.7 Å². The first-order valence-electron chi connectivity index (χ1n) is 9.67. The molecule has 0 atom stereocenters. The SMILES string of the molecule is CCCCNC(=O)c1ccc(-n2ccnc2SCC(=O)Nc2ccccc2Br)cc1. The molecule has 30 heavy (non-hydrogen) atoms. The minimum Gasteiger partial charge on any atom is -0.352 e. The van der Waals surface area contributed by atoms with Gasteiger partial charge in [0.25, 0.3) is 5.91 Å². The van der Waals surface area contributed by atoms with Crippen molar-refractivity contribution in [1.82, 2.24) is 14.9 Å². The van der Waals surface area contributed by atoms with Crippen LogP contribution in [0.5, 0.6) is 0 Å². The molecule has 1 heterocycles. The van der Waals surface area contributed by atoms with Crippen LogP contribution in [0.2, 0.25) is 0 Å². The predicted octanol–water partition coefficient (Wildman–Crippen LogP) is 4.90. The predicted molar refractivity (Wildman–Crippen MR) is 124 cm³/mol. The molecule has 0 aliphatic rings. The number of anilines is 1. The number of halogens is 1. The van der Waals surface area contributed by atoms with E-state index in [1.165, 1.54) is 11.8 Å². The molecular formula is C22H23BrN4O2S. The second kappa shape index (κ2) is 11.0. The van der Waals surface area contributed by atoms with E-state index in [1.54, 1.807) is 18.3 Å². The van der Waals surface area contributed by atoms with Crippen molar-refractivity contribution >= 4 is 45.2 Å². The lowest BCUT2D eigenvalue weighted by molar-refractivity contribution is -0.113. The van der Waals surface area contributed by atoms with Gasteiger partial charge in [-0.05, 0) is 58.7 Å². The fraction of sp³-hybridized carbons (Fsp3) is 0.227. The fourth-order valence-electron chi connectivity index (χ4n) is 2.73. The van der Waals surface area contributed by atoms with Crippen molar-refractivity contribution in [3.63, 3.8) is 0 Å². The summed E-state index contributed by atoms with van der Waals surface area (Å²) in [5.74, 6) is 0.0514. The van der Waals surface area contributed by atoms with Crippen molar-refractivity contribution in [2.45, 2.75) is 24.9 Å². The summed E-state index contributed by atoms with van der Waals surface area (Å²) < 4.78 is 2.73. The third kappa shape index (κ3) is 5.96. The van der Waals surface area contributed by atoms with Gasteiger partial charge in [-0.2, -0.15) is 0 Å². The molecule has 0 saturated carbocycles. The Morgan fingerprint density at radius 3 is 2.63 bits per heavy atom. The summed E-state index contributed by atoms with van der Waals surface area (Å²) in [5, 5.41) is 6.50. The normalized spacial score (nSPS) is 10.6. The van der Waals surface area contributed by atoms with Gasteiger partial charge in [0.05, 0.1) is 11.4 Å². The number of carbonyl (C=O) groups excluding carboxylic acids is 2. The topological polar surface area (TPSA) is 76.0 Å². The molecule has 2 amide bonds. The first kappa shape index (κ1) is 22.1. The summed E-state index contributed by atoms with van der Waals surface area (Å²) in [4.78, 5) is 28.8. The van der Waals surface area contributed by atoms with Crippen molar-refractivity contribution in [1.29, 1.82) is 0 Å². The van der Waals surface area contributed by atoms with Crippen molar-refractivity contribution in [3.05, 3.63) is 71.0 Å². The van der Waals surface area contributed by atoms with Crippen LogP contribution in [0, 0.1) is 0 Å². The van der Waals surface area contributed by atoms with E-state index in [9.17, 15) is 9.59 Å². The highest BCUT2D eigenvalue weighted by atomic mass is 79.9. The second-order valence-corrected chi connectivity index (χ2v) is 8.35. The fourth-order valence-corrected chi connectivity index (χ4v) is 3.88. The average molecular weight is 487 g/mol. The van der Waals surface area contributed by atoms with Gasteiger partial charge in [-0.3, -0.25) is 14.2 Å². The summed E-state index contributed by atoms with van der Waals surface area (Å²) in [5.41, 5.74) is 2.24. The first-order chi connectivity index (χ1) is 14.6. The number of thioether (sulfide) groups is 1. The minimum atomic E-state index is -0.111. The van der Waals surface area contributed by atoms with Crippen LogP contribution in [0.4, 0.5) is 5.69 Å². The summed E-state index contributed by atoms with van der Waals surface area (Å²) in [6.07, 6.45) is 5.54. The zero-order valence-electron chi connectivity index (χ0n) is 16.6. The number of carbonyl (C=O) groups is 2. The Morgan fingerprint density at radius 2 is 1.90 bits per heavy atom. The van der Waals surface area contributed by atoms with Crippen molar-refractivity contribution in [2.24, 2.45) is 0 Å². The summed E-state index contributed by atoms with van der Waals surface area (Å²) >= 11 is 4.77. The van der Waals surface area contributed by atoms with Crippen LogP contribution in [0.1, 0.15) is 30.1 Å². The number of aromatic nitrogens is 2. The molecule has 0 aliphatic carbocycles. The van der Waals surface area contributed by atoms with Gasteiger partial charge >= 0.3 is 0 Å². The van der Waals surface area contributed by atoms with Gasteiger partial charge in [-0.25, -0.2) is 4.98 Å². The molecule has 0 radical (unpaired) electrons. The molecule has 0 spiro atoms. The Morgan fingerprint density at radius 1 is 1.13 bits per heavy atom. The van der Waals surface area contributed by atoms with Crippen molar-refractivity contribution in [3.8, 4) is 5.69 Å². The molecule has 6 nitrogen and oxygen atoms in total. The number of nitrogens with one attached hydrogen (secondary N) is 2. The zero-order chi connectivity index (χ0) is 21.3. The number of benzene rings is 2. The van der Waals surface area contributed by atoms with E-state index < -0.39 is 0 Å². The minimum absolute atomic E-state index is 0.0704. The Hall–Kier alpha value is -2.58. The molecule has 0 fully saturated rings. The summed E-state index contributed by atoms with van der Waals surface area (Å²) in [6, 6.07) is 14.8. The van der Waals surface area contributed by atoms with Crippen LogP contribution in [-0.4, -0.2) is 33.7 Å². The van der Waals surface area contributed by atoms with Gasteiger partial charge < -0.3 is 10.6 Å². The standard InChI is InChI=1S/C22H23BrN4O2S/c1-2-3-12-24-21(29)16-8-10-17(11-9-16)27-14-13-25-22(27)30-15-20(28)26-19-7-5-4-6-18(19)23/h4-11,13-14H,2-3,12,15H2,1H3,(H,24,29)(H,26,28). The number of rotatable bonds is 9. The highest BCUT2D eigenvalue weighted by Gasteiger charge is 2.11. The molecule has 3 aromatic rings. The van der Waals surface area contributed by atoms with Crippen molar-refractivity contribution in [2.75, 3.05) is 17.6 Å². The van der Waals surface area contributed by atoms with E-state index in [4.69, 9.17) is 0 Å². The van der Waals surface area contributed by atoms with Crippen molar-refractivity contribution < 1.29 is 9.59 Å². The Kier molecular flexibility index (Phi) is 8.10. The van der Waals surface area contributed by atoms with Crippen LogP contribution in [0.15, 0.2) is 70.6 Å². The number of para-hydroxylation sites is 1. The number of nitrogens with zero attached hydrogens (tertiary/aromatic N) is 2. The highest BCUT2D eigenvalue weighted by Crippen LogP contribution is 2.23. The van der Waals surface area contributed by atoms with Crippen LogP contribution in [-0.2, 0) is 4.79 Å². The van der Waals surface area contributed by atoms with Gasteiger partial charge in [-0.1, -0.05) is 37.2 Å². The van der Waals surface area contributed by atoms with Gasteiger partial charge in [0.2, 0.25) is 5.91 Å². The lowest BCUT2D eigenvalue weighted by Gasteiger charge is -2.10. The van der Waals surface area contributed by atoms with Crippen LogP contribution in [0.3, 0.4) is 0 Å². The molecule has 2 N–H and O–H groups in total. The monoisotopic (exact) mass is 486 g/mol. The molecule has 8 heteroatoms. The Bertz CT molecular complexity index is 1000. The summed E-state index contributed by atoms with van der Waals surface area (Å²) in [7, 11) is 0. The van der Waals surface area contributed by atoms with Crippen LogP contribution in [0.25, 0.3) is 5.69 Å². The Labute approximate surface area is 188 Å². The van der Waals surface area contributed by atoms with E-state index in [-0.39, 0.29) is 17.6 Å². The molecule has 0 saturated heterocycles. The maximum atomic E-state index is 12.3. The molecule has 0 aliphatic heterocycles. The average Bonchev–Trinajstić information content (AvgIpc) is 3.23. The first-order valence-corrected chi connectivity index (χ1v) is 11.5. The lowest BCUT2D eigenvalue weighted by atomic mass is 10.2. The third-order valence-corrected chi connectivity index (χ3v) is 5.97. The molecule has 3 rings (SSSR count). The molecule has 156 valence electrons. The molecule has 2 aromatic carbocycles. The van der Waals surface area contributed by atoms with E-state index >= 15 is 0 Å². The number of imidazole rings is 1. The van der Waals surface area contributed by atoms with Gasteiger partial charge in [0, 0.05) is 34.7 Å². The number of hydrogen-bond donors (Lipinski definition) is 2. The van der Waals surface area contributed by atoms with E-state index in [0.717, 1.165) is 28.7 Å². The van der Waals surface area contributed by atoms with Gasteiger partial charge in [0.15, 0.2) is 5.16 Å². The maximum Gasteiger partial charge on any atom is 0.251 e. The van der Waals surface area contributed by atoms with E-state index in [0.29, 0.717) is 17.3 Å². The molecule has 0 unspecified atom stereocenters. The maximum absolute atomic E-state index is 12.3. The largest absolute Gasteiger partial charge is 0.352 e. The lowest BCUT2D eigenvalue weighted by Crippen LogP contribution is -2.24. The van der Waals surface area contributed by atoms with E-state index in [2.05, 4.69) is 38.5 Å². The van der Waals surface area contributed by atoms with Gasteiger partial charge in [0.1, 0.15) is 0 Å². The molecule has 0 bridgehead atoms. The zero-order valence-corrected chi connectivity index (χ0v) is 19.0. The number of amides is 2. The molecule has 1 aromatic heterocycles. The number of hydrogen-bond acceptors (Lipinski definition) is 4. The second-order valence-electron chi connectivity index (χ2n) is 6.55. The van der Waals surface area contributed by atoms with Gasteiger partial charge in [-0.15, -0.1) is 0 Å². The third-order valence-electron chi connectivity index (χ3n) is 4.31. The Balaban J connectivity index is 1.60. The van der Waals surface area contributed by atoms with Crippen LogP contribution < -0.4 is 10.6 Å². The summed E-state index contributed by atoms with van der Waals surface area (Å²) in [6.45, 7) is 2.77. The molecular weight excluding hydrogens is 464 g/mol. The number of unbranched alkanes of at least 4 members (excludes halogenated alkanes) is 1. The highest BCUT2D eigenvalue weighted by molar-refractivity contribution is 9.10. The van der Waals surface area contributed by atoms with E-state index in [1.807, 2.05) is 47.2 Å². The smallest absolute Gasteiger partial charge is 0.251 e. The quantitative estimate of drug-likeness (QED) is 0.333.